The zero-order valence-electron chi connectivity index (χ0n) is 16.9. The highest BCUT2D eigenvalue weighted by atomic mass is 127. The minimum Gasteiger partial charge on any atom is -0.480 e. The maximum atomic E-state index is 13.4. The third-order valence-electron chi connectivity index (χ3n) is 4.46. The quantitative estimate of drug-likeness (QED) is 0.249. The monoisotopic (exact) mass is 682 g/mol. The van der Waals surface area contributed by atoms with Crippen LogP contribution in [0.1, 0.15) is 5.56 Å². The van der Waals surface area contributed by atoms with Crippen LogP contribution >= 0.6 is 56.9 Å². The Labute approximate surface area is 222 Å². The summed E-state index contributed by atoms with van der Waals surface area (Å²) in [6.07, 6.45) is 1.82. The highest BCUT2D eigenvalue weighted by Crippen LogP contribution is 2.38. The number of hydrogen-bond donors (Lipinski definition) is 1. The summed E-state index contributed by atoms with van der Waals surface area (Å²) >= 11 is 5.52. The fourth-order valence-electron chi connectivity index (χ4n) is 3.05. The molecule has 1 fully saturated rings. The van der Waals surface area contributed by atoms with Gasteiger partial charge < -0.3 is 9.84 Å². The van der Waals surface area contributed by atoms with Gasteiger partial charge in [0.25, 0.3) is 5.91 Å². The Bertz CT molecular complexity index is 1240. The average molecular weight is 682 g/mol. The van der Waals surface area contributed by atoms with Crippen LogP contribution in [-0.2, 0) is 9.59 Å². The molecule has 0 aromatic heterocycles. The van der Waals surface area contributed by atoms with Gasteiger partial charge in [0.1, 0.15) is 5.75 Å². The Balaban J connectivity index is 1.70. The largest absolute Gasteiger partial charge is 0.480 e. The number of aliphatic imine (C=N–C) groups is 1. The van der Waals surface area contributed by atoms with Crippen LogP contribution in [0.4, 0.5) is 11.4 Å². The third-order valence-corrected chi connectivity index (χ3v) is 7.03. The van der Waals surface area contributed by atoms with Crippen LogP contribution in [0.5, 0.6) is 5.75 Å². The van der Waals surface area contributed by atoms with Crippen LogP contribution in [0.2, 0.25) is 0 Å². The van der Waals surface area contributed by atoms with Gasteiger partial charge in [-0.2, -0.15) is 0 Å². The number of nitrogens with zero attached hydrogens (tertiary/aromatic N) is 2. The molecule has 0 aliphatic carbocycles. The van der Waals surface area contributed by atoms with Crippen molar-refractivity contribution < 1.29 is 19.4 Å². The van der Waals surface area contributed by atoms with Crippen LogP contribution in [-0.4, -0.2) is 28.8 Å². The molecule has 1 aliphatic rings. The van der Waals surface area contributed by atoms with E-state index in [4.69, 9.17) is 14.8 Å². The lowest BCUT2D eigenvalue weighted by Gasteiger charge is -2.15. The number of hydrogen-bond acceptors (Lipinski definition) is 5. The number of carbonyl (C=O) groups is 2. The summed E-state index contributed by atoms with van der Waals surface area (Å²) in [6, 6.07) is 22.7. The van der Waals surface area contributed by atoms with E-state index in [2.05, 4.69) is 45.2 Å². The molecule has 0 bridgehead atoms. The summed E-state index contributed by atoms with van der Waals surface area (Å²) in [5.74, 6) is -0.674. The van der Waals surface area contributed by atoms with E-state index in [9.17, 15) is 9.59 Å². The molecule has 0 saturated carbocycles. The molecule has 4 rings (SSSR count). The van der Waals surface area contributed by atoms with Crippen molar-refractivity contribution in [1.82, 2.24) is 0 Å². The van der Waals surface area contributed by atoms with Crippen molar-refractivity contribution in [2.24, 2.45) is 4.99 Å². The maximum Gasteiger partial charge on any atom is 0.341 e. The number of carboxylic acid groups (broad SMARTS) is 1. The fourth-order valence-corrected chi connectivity index (χ4v) is 6.18. The second-order valence-electron chi connectivity index (χ2n) is 6.81. The van der Waals surface area contributed by atoms with Crippen molar-refractivity contribution in [3.63, 3.8) is 0 Å². The van der Waals surface area contributed by atoms with Crippen molar-refractivity contribution in [3.8, 4) is 5.75 Å². The summed E-state index contributed by atoms with van der Waals surface area (Å²) < 4.78 is 6.93. The molecule has 1 amide bonds. The Morgan fingerprint density at radius 1 is 1.03 bits per heavy atom. The zero-order valence-corrected chi connectivity index (χ0v) is 22.1. The summed E-state index contributed by atoms with van der Waals surface area (Å²) in [5, 5.41) is 9.46. The van der Waals surface area contributed by atoms with Crippen molar-refractivity contribution in [2.45, 2.75) is 0 Å². The first-order valence-electron chi connectivity index (χ1n) is 9.69. The summed E-state index contributed by atoms with van der Waals surface area (Å²) in [5.41, 5.74) is 2.32. The number of halogens is 2. The predicted octanol–water partition coefficient (Wildman–Crippen LogP) is 6.17. The van der Waals surface area contributed by atoms with Gasteiger partial charge in [0.05, 0.1) is 23.4 Å². The number of thioether (sulfide) groups is 1. The normalized spacial score (nSPS) is 15.9. The summed E-state index contributed by atoms with van der Waals surface area (Å²) in [4.78, 5) is 31.1. The molecule has 9 heteroatoms. The van der Waals surface area contributed by atoms with Gasteiger partial charge in [-0.15, -0.1) is 0 Å². The lowest BCUT2D eigenvalue weighted by molar-refractivity contribution is -0.139. The minimum absolute atomic E-state index is 0.155. The molecule has 0 atom stereocenters. The predicted molar refractivity (Wildman–Crippen MR) is 148 cm³/mol. The van der Waals surface area contributed by atoms with Gasteiger partial charge in [-0.1, -0.05) is 36.4 Å². The van der Waals surface area contributed by atoms with E-state index in [-0.39, 0.29) is 5.91 Å². The second kappa shape index (κ2) is 10.7. The minimum atomic E-state index is -1.04. The van der Waals surface area contributed by atoms with Gasteiger partial charge in [0, 0.05) is 0 Å². The molecule has 3 aromatic carbocycles. The number of para-hydroxylation sites is 2. The first-order chi connectivity index (χ1) is 15.9. The van der Waals surface area contributed by atoms with Gasteiger partial charge in [0.15, 0.2) is 11.8 Å². The third kappa shape index (κ3) is 5.76. The van der Waals surface area contributed by atoms with Gasteiger partial charge in [-0.05, 0) is 105 Å². The van der Waals surface area contributed by atoms with E-state index in [0.717, 1.165) is 24.1 Å². The van der Waals surface area contributed by atoms with E-state index in [1.807, 2.05) is 78.9 Å². The number of amidine groups is 1. The molecule has 33 heavy (non-hydrogen) atoms. The molecular weight excluding hydrogens is 666 g/mol. The van der Waals surface area contributed by atoms with E-state index in [1.54, 1.807) is 4.90 Å². The number of carboxylic acids is 1. The molecule has 1 heterocycles. The standard InChI is InChI=1S/C24H16I2N2O4S/c25-18-11-15(12-19(26)22(18)32-14-21(29)30)13-20-23(31)28(17-9-5-2-6-10-17)24(33-20)27-16-7-3-1-4-8-16/h1-13H,14H2,(H,29,30)/b20-13-,27-24?. The van der Waals surface area contributed by atoms with Crippen LogP contribution in [0.25, 0.3) is 6.08 Å². The lowest BCUT2D eigenvalue weighted by atomic mass is 10.2. The van der Waals surface area contributed by atoms with Gasteiger partial charge in [-0.25, -0.2) is 9.79 Å². The number of benzene rings is 3. The molecule has 3 aromatic rings. The zero-order chi connectivity index (χ0) is 23.4. The Kier molecular flexibility index (Phi) is 7.71. The molecular formula is C24H16I2N2O4S. The number of carbonyl (C=O) groups excluding carboxylic acids is 1. The van der Waals surface area contributed by atoms with Crippen molar-refractivity contribution in [1.29, 1.82) is 0 Å². The average Bonchev–Trinajstić information content (AvgIpc) is 3.08. The lowest BCUT2D eigenvalue weighted by Crippen LogP contribution is -2.28. The topological polar surface area (TPSA) is 79.2 Å². The van der Waals surface area contributed by atoms with E-state index in [0.29, 0.717) is 15.8 Å². The van der Waals surface area contributed by atoms with Crippen molar-refractivity contribution in [3.05, 3.63) is 90.4 Å². The number of ether oxygens (including phenoxy) is 1. The molecule has 1 saturated heterocycles. The van der Waals surface area contributed by atoms with E-state index in [1.165, 1.54) is 11.8 Å². The number of rotatable bonds is 6. The molecule has 6 nitrogen and oxygen atoms in total. The fraction of sp³-hybridized carbons (Fsp3) is 0.0417. The molecule has 1 aliphatic heterocycles. The molecule has 166 valence electrons. The maximum absolute atomic E-state index is 13.4. The Morgan fingerprint density at radius 2 is 1.64 bits per heavy atom. The van der Waals surface area contributed by atoms with Crippen LogP contribution in [0.3, 0.4) is 0 Å². The number of amides is 1. The van der Waals surface area contributed by atoms with Crippen molar-refractivity contribution >= 4 is 91.4 Å². The van der Waals surface area contributed by atoms with Crippen LogP contribution < -0.4 is 9.64 Å². The first-order valence-corrected chi connectivity index (χ1v) is 12.7. The second-order valence-corrected chi connectivity index (χ2v) is 10.1. The highest BCUT2D eigenvalue weighted by Gasteiger charge is 2.34. The van der Waals surface area contributed by atoms with Gasteiger partial charge in [-0.3, -0.25) is 9.69 Å². The van der Waals surface area contributed by atoms with Gasteiger partial charge >= 0.3 is 5.97 Å². The molecule has 1 N–H and O–H groups in total. The molecule has 0 unspecified atom stereocenters. The summed E-state index contributed by atoms with van der Waals surface area (Å²) in [7, 11) is 0. The Hall–Kier alpha value is -2.38. The van der Waals surface area contributed by atoms with Crippen LogP contribution in [0, 0.1) is 7.14 Å². The number of anilines is 1. The number of aliphatic carboxylic acids is 1. The molecule has 0 radical (unpaired) electrons. The smallest absolute Gasteiger partial charge is 0.341 e. The SMILES string of the molecule is O=C(O)COc1c(I)cc(/C=C2\SC(=Nc3ccccc3)N(c3ccccc3)C2=O)cc1I. The van der Waals surface area contributed by atoms with E-state index >= 15 is 0 Å². The van der Waals surface area contributed by atoms with Crippen LogP contribution in [0.15, 0.2) is 82.7 Å². The Morgan fingerprint density at radius 3 is 2.24 bits per heavy atom. The van der Waals surface area contributed by atoms with Gasteiger partial charge in [0.2, 0.25) is 0 Å². The van der Waals surface area contributed by atoms with Crippen molar-refractivity contribution in [2.75, 3.05) is 11.5 Å². The molecule has 0 spiro atoms. The van der Waals surface area contributed by atoms with E-state index < -0.39 is 12.6 Å². The summed E-state index contributed by atoms with van der Waals surface area (Å²) in [6.45, 7) is -0.411. The first kappa shape index (κ1) is 23.8. The highest BCUT2D eigenvalue weighted by molar-refractivity contribution is 14.1.